The lowest BCUT2D eigenvalue weighted by molar-refractivity contribution is -0.141. The summed E-state index contributed by atoms with van der Waals surface area (Å²) in [7, 11) is -1.66. The largest absolute Gasteiger partial charge is 0.475 e. The first kappa shape index (κ1) is 27.4. The first-order chi connectivity index (χ1) is 15.5. The van der Waals surface area contributed by atoms with Gasteiger partial charge in [-0.05, 0) is 43.4 Å². The summed E-state index contributed by atoms with van der Waals surface area (Å²) in [4.78, 5) is 40.6. The Balaban J connectivity index is 2.12. The third-order valence-electron chi connectivity index (χ3n) is 6.42. The van der Waals surface area contributed by atoms with E-state index in [1.54, 1.807) is 4.90 Å². The first-order valence-electron chi connectivity index (χ1n) is 12.4. The Kier molecular flexibility index (Phi) is 10.5. The van der Waals surface area contributed by atoms with Gasteiger partial charge in [0.25, 0.3) is 0 Å². The minimum atomic E-state index is -1.66. The Morgan fingerprint density at radius 1 is 1.06 bits per heavy atom. The summed E-state index contributed by atoms with van der Waals surface area (Å²) >= 11 is 0. The highest BCUT2D eigenvalue weighted by Crippen LogP contribution is 2.29. The van der Waals surface area contributed by atoms with Gasteiger partial charge >= 0.3 is 13.2 Å². The van der Waals surface area contributed by atoms with Crippen molar-refractivity contribution < 1.29 is 29.2 Å². The Bertz CT molecular complexity index is 663. The van der Waals surface area contributed by atoms with E-state index in [1.807, 2.05) is 27.7 Å². The minimum absolute atomic E-state index is 0.00449. The molecule has 0 aromatic rings. The molecule has 1 saturated carbocycles. The molecule has 3 atom stereocenters. The van der Waals surface area contributed by atoms with Gasteiger partial charge in [-0.3, -0.25) is 9.59 Å². The SMILES string of the molecule is CCCC(NC(=O)C1CCCN1C(=O)C(NC(=O)OCC(C)(C)C)C1CCCCC1)B(O)O. The summed E-state index contributed by atoms with van der Waals surface area (Å²) < 4.78 is 5.37. The maximum Gasteiger partial charge on any atom is 0.475 e. The number of likely N-dealkylation sites (tertiary alicyclic amines) is 1. The summed E-state index contributed by atoms with van der Waals surface area (Å²) in [6.45, 7) is 8.46. The van der Waals surface area contributed by atoms with Crippen LogP contribution in [-0.2, 0) is 14.3 Å². The van der Waals surface area contributed by atoms with Crippen LogP contribution in [0.1, 0.15) is 85.5 Å². The van der Waals surface area contributed by atoms with Crippen molar-refractivity contribution in [2.75, 3.05) is 13.2 Å². The molecular weight excluding hydrogens is 425 g/mol. The lowest BCUT2D eigenvalue weighted by atomic mass is 9.76. The molecule has 4 N–H and O–H groups in total. The Morgan fingerprint density at radius 3 is 2.30 bits per heavy atom. The van der Waals surface area contributed by atoms with Gasteiger partial charge < -0.3 is 30.3 Å². The highest BCUT2D eigenvalue weighted by atomic mass is 16.5. The molecule has 0 bridgehead atoms. The van der Waals surface area contributed by atoms with Crippen LogP contribution in [0.25, 0.3) is 0 Å². The zero-order chi connectivity index (χ0) is 24.6. The van der Waals surface area contributed by atoms with Crippen LogP contribution < -0.4 is 10.6 Å². The van der Waals surface area contributed by atoms with Crippen LogP contribution in [0.5, 0.6) is 0 Å². The number of carbonyl (C=O) groups excluding carboxylic acids is 3. The molecule has 2 fully saturated rings. The molecule has 33 heavy (non-hydrogen) atoms. The minimum Gasteiger partial charge on any atom is -0.449 e. The van der Waals surface area contributed by atoms with Crippen molar-refractivity contribution in [2.45, 2.75) is 104 Å². The van der Waals surface area contributed by atoms with Gasteiger partial charge in [0, 0.05) is 6.54 Å². The van der Waals surface area contributed by atoms with E-state index in [4.69, 9.17) is 4.74 Å². The number of alkyl carbamates (subject to hydrolysis) is 1. The van der Waals surface area contributed by atoms with Crippen molar-refractivity contribution >= 4 is 25.0 Å². The van der Waals surface area contributed by atoms with E-state index in [-0.39, 0.29) is 29.8 Å². The van der Waals surface area contributed by atoms with Crippen LogP contribution in [0.15, 0.2) is 0 Å². The molecule has 2 rings (SSSR count). The molecule has 1 saturated heterocycles. The monoisotopic (exact) mass is 467 g/mol. The average molecular weight is 467 g/mol. The molecule has 1 aliphatic heterocycles. The third-order valence-corrected chi connectivity index (χ3v) is 6.42. The van der Waals surface area contributed by atoms with Gasteiger partial charge in [0.1, 0.15) is 12.1 Å². The molecular formula is C23H42BN3O6. The van der Waals surface area contributed by atoms with E-state index in [0.717, 1.165) is 32.1 Å². The standard InChI is InChI=1S/C23H42BN3O6/c1-5-10-18(24(31)32)25-20(28)17-13-9-14-27(17)21(29)19(16-11-7-6-8-12-16)26-22(30)33-15-23(2,3)4/h16-19,31-32H,5-15H2,1-4H3,(H,25,28)(H,26,30). The van der Waals surface area contributed by atoms with Gasteiger partial charge in [0.15, 0.2) is 0 Å². The lowest BCUT2D eigenvalue weighted by Crippen LogP contribution is -2.58. The summed E-state index contributed by atoms with van der Waals surface area (Å²) in [5.41, 5.74) is -0.188. The molecule has 3 amide bonds. The molecule has 1 aliphatic carbocycles. The number of hydrogen-bond acceptors (Lipinski definition) is 6. The Labute approximate surface area is 198 Å². The number of hydrogen-bond donors (Lipinski definition) is 4. The number of rotatable bonds is 9. The second kappa shape index (κ2) is 12.6. The first-order valence-corrected chi connectivity index (χ1v) is 12.4. The van der Waals surface area contributed by atoms with Crippen LogP contribution in [0, 0.1) is 11.3 Å². The maximum atomic E-state index is 13.6. The van der Waals surface area contributed by atoms with Gasteiger partial charge in [-0.2, -0.15) is 0 Å². The summed E-state index contributed by atoms with van der Waals surface area (Å²) in [6, 6.07) is -1.42. The van der Waals surface area contributed by atoms with Crippen molar-refractivity contribution in [3.63, 3.8) is 0 Å². The number of amides is 3. The van der Waals surface area contributed by atoms with E-state index in [1.165, 1.54) is 0 Å². The van der Waals surface area contributed by atoms with E-state index in [9.17, 15) is 24.4 Å². The van der Waals surface area contributed by atoms with Crippen molar-refractivity contribution in [3.8, 4) is 0 Å². The Hall–Kier alpha value is -1.81. The van der Waals surface area contributed by atoms with E-state index >= 15 is 0 Å². The van der Waals surface area contributed by atoms with Crippen LogP contribution in [0.2, 0.25) is 0 Å². The van der Waals surface area contributed by atoms with E-state index in [0.29, 0.717) is 32.2 Å². The normalized spacial score (nSPS) is 21.3. The molecule has 0 aromatic carbocycles. The van der Waals surface area contributed by atoms with Crippen molar-refractivity contribution in [1.82, 2.24) is 15.5 Å². The second-order valence-corrected chi connectivity index (χ2v) is 10.7. The van der Waals surface area contributed by atoms with Crippen LogP contribution in [-0.4, -0.2) is 71.2 Å². The molecule has 1 heterocycles. The molecule has 0 spiro atoms. The predicted molar refractivity (Wildman–Crippen MR) is 126 cm³/mol. The fourth-order valence-corrected chi connectivity index (χ4v) is 4.67. The molecule has 2 aliphatic rings. The van der Waals surface area contributed by atoms with Crippen molar-refractivity contribution in [1.29, 1.82) is 0 Å². The average Bonchev–Trinajstić information content (AvgIpc) is 3.25. The molecule has 9 nitrogen and oxygen atoms in total. The lowest BCUT2D eigenvalue weighted by Gasteiger charge is -2.35. The highest BCUT2D eigenvalue weighted by Gasteiger charge is 2.41. The molecule has 188 valence electrons. The maximum absolute atomic E-state index is 13.6. The number of ether oxygens (including phenoxy) is 1. The second-order valence-electron chi connectivity index (χ2n) is 10.7. The quantitative estimate of drug-likeness (QED) is 0.384. The number of nitrogens with zero attached hydrogens (tertiary/aromatic N) is 1. The highest BCUT2D eigenvalue weighted by molar-refractivity contribution is 6.43. The van der Waals surface area contributed by atoms with Gasteiger partial charge in [0.2, 0.25) is 11.8 Å². The summed E-state index contributed by atoms with van der Waals surface area (Å²) in [5, 5.41) is 24.7. The van der Waals surface area contributed by atoms with Gasteiger partial charge in [-0.15, -0.1) is 0 Å². The van der Waals surface area contributed by atoms with Gasteiger partial charge in [-0.25, -0.2) is 4.79 Å². The zero-order valence-electron chi connectivity index (χ0n) is 20.6. The predicted octanol–water partition coefficient (Wildman–Crippen LogP) is 2.00. The Morgan fingerprint density at radius 2 is 1.73 bits per heavy atom. The number of nitrogens with one attached hydrogen (secondary N) is 2. The smallest absolute Gasteiger partial charge is 0.449 e. The van der Waals surface area contributed by atoms with E-state index < -0.39 is 31.2 Å². The fourth-order valence-electron chi connectivity index (χ4n) is 4.67. The number of carbonyl (C=O) groups is 3. The molecule has 0 aromatic heterocycles. The fraction of sp³-hybridized carbons (Fsp3) is 0.870. The van der Waals surface area contributed by atoms with E-state index in [2.05, 4.69) is 10.6 Å². The van der Waals surface area contributed by atoms with Crippen molar-refractivity contribution in [3.05, 3.63) is 0 Å². The summed E-state index contributed by atoms with van der Waals surface area (Å²) in [6.07, 6.45) is 6.49. The van der Waals surface area contributed by atoms with Crippen LogP contribution in [0.4, 0.5) is 4.79 Å². The topological polar surface area (TPSA) is 128 Å². The molecule has 10 heteroatoms. The molecule has 0 radical (unpaired) electrons. The van der Waals surface area contributed by atoms with Crippen LogP contribution in [0.3, 0.4) is 0 Å². The molecule has 3 unspecified atom stereocenters. The third kappa shape index (κ3) is 8.48. The van der Waals surface area contributed by atoms with Crippen LogP contribution >= 0.6 is 0 Å². The van der Waals surface area contributed by atoms with Crippen molar-refractivity contribution in [2.24, 2.45) is 11.3 Å². The van der Waals surface area contributed by atoms with Gasteiger partial charge in [-0.1, -0.05) is 53.4 Å². The zero-order valence-corrected chi connectivity index (χ0v) is 20.6. The summed E-state index contributed by atoms with van der Waals surface area (Å²) in [5.74, 6) is -1.42. The van der Waals surface area contributed by atoms with Gasteiger partial charge in [0.05, 0.1) is 12.5 Å².